The van der Waals surface area contributed by atoms with Crippen LogP contribution >= 0.6 is 0 Å². The molecule has 4 N–H and O–H groups in total. The van der Waals surface area contributed by atoms with Crippen molar-refractivity contribution in [3.8, 4) is 0 Å². The van der Waals surface area contributed by atoms with Gasteiger partial charge in [0, 0.05) is 0 Å². The largest absolute Gasteiger partial charge is 0.397 e. The second-order valence-electron chi connectivity index (χ2n) is 16.0. The van der Waals surface area contributed by atoms with Crippen LogP contribution in [-0.4, -0.2) is 68.4 Å². The topological polar surface area (TPSA) is 211 Å². The molecule has 4 fully saturated rings. The van der Waals surface area contributed by atoms with Gasteiger partial charge < -0.3 is 5.11 Å². The summed E-state index contributed by atoms with van der Waals surface area (Å²) in [5.74, 6) is -0.419. The van der Waals surface area contributed by atoms with Gasteiger partial charge in [0.25, 0.3) is 0 Å². The maximum absolute atomic E-state index is 12.1. The van der Waals surface area contributed by atoms with Gasteiger partial charge in [-0.3, -0.25) is 13.7 Å². The Morgan fingerprint density at radius 3 is 1.82 bits per heavy atom. The first kappa shape index (κ1) is 37.4. The van der Waals surface area contributed by atoms with E-state index in [-0.39, 0.29) is 53.8 Å². The van der Waals surface area contributed by atoms with Gasteiger partial charge in [0.2, 0.25) is 0 Å². The zero-order valence-corrected chi connectivity index (χ0v) is 29.6. The van der Waals surface area contributed by atoms with Crippen LogP contribution in [0.15, 0.2) is 0 Å². The number of aliphatic hydroxyl groups excluding tert-OH is 1. The third-order valence-corrected chi connectivity index (χ3v) is 14.1. The summed E-state index contributed by atoms with van der Waals surface area (Å²) in [6.45, 7) is 15.2. The summed E-state index contributed by atoms with van der Waals surface area (Å²) in [6.07, 6.45) is -1.24. The van der Waals surface area contributed by atoms with Crippen molar-refractivity contribution in [2.24, 2.45) is 57.7 Å². The maximum atomic E-state index is 12.1. The van der Waals surface area contributed by atoms with Crippen LogP contribution in [0.1, 0.15) is 99.8 Å². The molecule has 0 aromatic rings. The third kappa shape index (κ3) is 8.07. The lowest BCUT2D eigenvalue weighted by Crippen LogP contribution is -2.62. The first-order valence-corrected chi connectivity index (χ1v) is 20.0. The normalized spacial score (nSPS) is 42.3. The van der Waals surface area contributed by atoms with Gasteiger partial charge in [-0.2, -0.15) is 25.3 Å². The summed E-state index contributed by atoms with van der Waals surface area (Å²) >= 11 is 0. The molecule has 0 amide bonds. The second-order valence-corrected chi connectivity index (χ2v) is 19.2. The molecule has 0 aromatic heterocycles. The Morgan fingerprint density at radius 2 is 1.29 bits per heavy atom. The van der Waals surface area contributed by atoms with Crippen molar-refractivity contribution in [1.82, 2.24) is 0 Å². The van der Waals surface area contributed by atoms with Crippen LogP contribution in [0.2, 0.25) is 0 Å². The van der Waals surface area contributed by atoms with Gasteiger partial charge in [0.15, 0.2) is 0 Å². The van der Waals surface area contributed by atoms with Crippen molar-refractivity contribution in [2.45, 2.75) is 124 Å². The SMILES string of the molecule is C[C@H](CC[C@H](C)C(C)(C)C)[C@H]1CC(O)[C@H]2[C@@H]3CC(OS(=O)(=O)O)C4CC(OS(=O)(=O)O)C(OS(=O)(=O)O)C[C@]4(C)[C@H]3CC[C@]12C. The molecule has 0 aromatic carbocycles. The van der Waals surface area contributed by atoms with Crippen molar-refractivity contribution < 1.29 is 56.6 Å². The summed E-state index contributed by atoms with van der Waals surface area (Å²) in [4.78, 5) is 0. The van der Waals surface area contributed by atoms with Gasteiger partial charge in [0.1, 0.15) is 12.2 Å². The summed E-state index contributed by atoms with van der Waals surface area (Å²) < 4.78 is 115. The van der Waals surface area contributed by atoms with E-state index >= 15 is 0 Å². The highest BCUT2D eigenvalue weighted by molar-refractivity contribution is 7.81. The Morgan fingerprint density at radius 1 is 0.756 bits per heavy atom. The molecule has 4 aliphatic carbocycles. The molecule has 5 unspecified atom stereocenters. The average Bonchev–Trinajstić information content (AvgIpc) is 3.10. The zero-order chi connectivity index (χ0) is 34.1. The van der Waals surface area contributed by atoms with Crippen molar-refractivity contribution >= 4 is 31.2 Å². The van der Waals surface area contributed by atoms with Crippen molar-refractivity contribution in [2.75, 3.05) is 0 Å². The highest BCUT2D eigenvalue weighted by atomic mass is 32.3. The van der Waals surface area contributed by atoms with E-state index in [2.05, 4.69) is 41.5 Å². The van der Waals surface area contributed by atoms with Gasteiger partial charge in [0.05, 0.1) is 12.2 Å². The van der Waals surface area contributed by atoms with Crippen LogP contribution in [-0.2, 0) is 43.7 Å². The molecule has 0 heterocycles. The molecule has 13 nitrogen and oxygen atoms in total. The van der Waals surface area contributed by atoms with Crippen molar-refractivity contribution in [3.05, 3.63) is 0 Å². The molecule has 0 spiro atoms. The Bertz CT molecular complexity index is 1410. The Kier molecular flexibility index (Phi) is 10.4. The fourth-order valence-corrected chi connectivity index (χ4v) is 11.7. The number of rotatable bonds is 10. The molecule has 264 valence electrons. The Hall–Kier alpha value is -0.430. The number of aliphatic hydroxyl groups is 1. The summed E-state index contributed by atoms with van der Waals surface area (Å²) in [5.41, 5.74) is -1.04. The van der Waals surface area contributed by atoms with Gasteiger partial charge >= 0.3 is 31.2 Å². The first-order chi connectivity index (χ1) is 20.3. The Labute approximate surface area is 269 Å². The lowest BCUT2D eigenvalue weighted by atomic mass is 9.43. The smallest absolute Gasteiger partial charge is 0.393 e. The van der Waals surface area contributed by atoms with E-state index in [1.54, 1.807) is 0 Å². The minimum Gasteiger partial charge on any atom is -0.393 e. The monoisotopic (exact) mass is 704 g/mol. The van der Waals surface area contributed by atoms with Gasteiger partial charge in [-0.25, -0.2) is 12.5 Å². The maximum Gasteiger partial charge on any atom is 0.397 e. The minimum atomic E-state index is -5.10. The molecule has 0 radical (unpaired) electrons. The zero-order valence-electron chi connectivity index (χ0n) is 27.2. The highest BCUT2D eigenvalue weighted by Crippen LogP contribution is 2.69. The van der Waals surface area contributed by atoms with Gasteiger partial charge in [-0.1, -0.05) is 54.9 Å². The molecule has 0 aliphatic heterocycles. The molecule has 13 atom stereocenters. The van der Waals surface area contributed by atoms with Gasteiger partial charge in [-0.05, 0) is 103 Å². The average molecular weight is 705 g/mol. The predicted octanol–water partition coefficient (Wildman–Crippen LogP) is 4.50. The van der Waals surface area contributed by atoms with Crippen LogP contribution in [0.4, 0.5) is 0 Å². The third-order valence-electron chi connectivity index (χ3n) is 12.6. The molecule has 45 heavy (non-hydrogen) atoms. The van der Waals surface area contributed by atoms with E-state index < -0.39 is 66.9 Å². The summed E-state index contributed by atoms with van der Waals surface area (Å²) in [7, 11) is -15.2. The fourth-order valence-electron chi connectivity index (χ4n) is 10.2. The molecule has 4 rings (SSSR count). The van der Waals surface area contributed by atoms with Crippen LogP contribution in [0.3, 0.4) is 0 Å². The molecule has 4 saturated carbocycles. The van der Waals surface area contributed by atoms with E-state index in [0.717, 1.165) is 19.3 Å². The first-order valence-electron chi connectivity index (χ1n) is 15.9. The van der Waals surface area contributed by atoms with E-state index in [4.69, 9.17) is 12.5 Å². The van der Waals surface area contributed by atoms with Crippen LogP contribution in [0.5, 0.6) is 0 Å². The second kappa shape index (κ2) is 12.5. The molecule has 4 aliphatic rings. The fraction of sp³-hybridized carbons (Fsp3) is 1.00. The number of hydrogen-bond acceptors (Lipinski definition) is 10. The van der Waals surface area contributed by atoms with Gasteiger partial charge in [-0.15, -0.1) is 0 Å². The Balaban J connectivity index is 1.70. The van der Waals surface area contributed by atoms with Crippen LogP contribution in [0, 0.1) is 57.7 Å². The van der Waals surface area contributed by atoms with Crippen molar-refractivity contribution in [1.29, 1.82) is 0 Å². The summed E-state index contributed by atoms with van der Waals surface area (Å²) in [6, 6.07) is 0. The number of hydrogen-bond donors (Lipinski definition) is 4. The minimum absolute atomic E-state index is 0.145. The van der Waals surface area contributed by atoms with Crippen LogP contribution < -0.4 is 0 Å². The molecule has 0 bridgehead atoms. The number of fused-ring (bicyclic) bond motifs is 5. The van der Waals surface area contributed by atoms with E-state index in [0.29, 0.717) is 24.7 Å². The lowest BCUT2D eigenvalue weighted by molar-refractivity contribution is -0.191. The lowest BCUT2D eigenvalue weighted by Gasteiger charge is -2.63. The molecular weight excluding hydrogens is 653 g/mol. The van der Waals surface area contributed by atoms with Crippen LogP contribution in [0.25, 0.3) is 0 Å². The quantitative estimate of drug-likeness (QED) is 0.231. The van der Waals surface area contributed by atoms with E-state index in [1.807, 2.05) is 6.92 Å². The molecule has 0 saturated heterocycles. The predicted molar refractivity (Wildman–Crippen MR) is 164 cm³/mol. The van der Waals surface area contributed by atoms with E-state index in [9.17, 15) is 44.0 Å². The van der Waals surface area contributed by atoms with Crippen molar-refractivity contribution in [3.63, 3.8) is 0 Å². The van der Waals surface area contributed by atoms with E-state index in [1.165, 1.54) is 0 Å². The molecule has 16 heteroatoms. The highest BCUT2D eigenvalue weighted by Gasteiger charge is 2.66. The standard InChI is InChI=1S/C29H52O13S3/c1-16(8-9-17(2)27(3,4)5)20-13-22(30)26-18-12-23(40-43(31,32)33)21-14-24(41-44(34,35)36)25(42-45(37,38)39)15-29(21,7)19(18)10-11-28(20,26)6/h16-26,30H,8-15H2,1-7H3,(H,31,32,33)(H,34,35,36)(H,37,38,39)/t16-,17+,18-,19+,20-,21?,22?,23?,24?,25?,26-,28-,29-/m1/s1. The molecular formula is C29H52O13S3. The summed E-state index contributed by atoms with van der Waals surface area (Å²) in [5, 5.41) is 11.7.